The number of nitrogens with one attached hydrogen (secondary N) is 1. The van der Waals surface area contributed by atoms with Crippen molar-refractivity contribution in [1.82, 2.24) is 5.32 Å². The number of carbonyl (C=O) groups is 2. The topological polar surface area (TPSA) is 81.4 Å². The molecule has 0 bridgehead atoms. The first-order valence-electron chi connectivity index (χ1n) is 6.47. The third kappa shape index (κ3) is 2.83. The van der Waals surface area contributed by atoms with E-state index >= 15 is 0 Å². The molecule has 3 atom stereocenters. The summed E-state index contributed by atoms with van der Waals surface area (Å²) in [6.07, 6.45) is 2.58. The van der Waals surface area contributed by atoms with Gasteiger partial charge in [-0.15, -0.1) is 0 Å². The molecule has 1 aliphatic carbocycles. The highest BCUT2D eigenvalue weighted by molar-refractivity contribution is 5.88. The van der Waals surface area contributed by atoms with E-state index in [1.807, 2.05) is 20.8 Å². The van der Waals surface area contributed by atoms with E-state index in [-0.39, 0.29) is 17.9 Å². The van der Waals surface area contributed by atoms with Crippen LogP contribution in [-0.2, 0) is 14.3 Å². The summed E-state index contributed by atoms with van der Waals surface area (Å²) < 4.78 is 4.71. The molecule has 1 aliphatic rings. The van der Waals surface area contributed by atoms with Gasteiger partial charge in [0.05, 0.1) is 12.5 Å². The van der Waals surface area contributed by atoms with Gasteiger partial charge in [0.25, 0.3) is 0 Å². The summed E-state index contributed by atoms with van der Waals surface area (Å²) in [7, 11) is 1.33. The van der Waals surface area contributed by atoms with Crippen molar-refractivity contribution in [1.29, 1.82) is 0 Å². The lowest BCUT2D eigenvalue weighted by molar-refractivity contribution is -0.148. The third-order valence-corrected chi connectivity index (χ3v) is 3.96. The Bertz CT molecular complexity index is 330. The lowest BCUT2D eigenvalue weighted by atomic mass is 9.83. The van der Waals surface area contributed by atoms with Gasteiger partial charge in [0.1, 0.15) is 6.04 Å². The van der Waals surface area contributed by atoms with Crippen LogP contribution < -0.4 is 11.1 Å². The van der Waals surface area contributed by atoms with Crippen LogP contribution >= 0.6 is 0 Å². The highest BCUT2D eigenvalue weighted by Crippen LogP contribution is 2.37. The predicted molar refractivity (Wildman–Crippen MR) is 68.7 cm³/mol. The fraction of sp³-hybridized carbons (Fsp3) is 0.846. The van der Waals surface area contributed by atoms with Gasteiger partial charge in [-0.1, -0.05) is 20.3 Å². The smallest absolute Gasteiger partial charge is 0.328 e. The normalized spacial score (nSPS) is 29.1. The van der Waals surface area contributed by atoms with Crippen molar-refractivity contribution < 1.29 is 14.3 Å². The molecule has 0 radical (unpaired) electrons. The number of esters is 1. The maximum absolute atomic E-state index is 12.3. The molecule has 1 fully saturated rings. The van der Waals surface area contributed by atoms with Crippen LogP contribution in [0.4, 0.5) is 0 Å². The number of nitrogens with two attached hydrogens (primary N) is 1. The highest BCUT2D eigenvalue weighted by atomic mass is 16.5. The molecular formula is C13H24N2O3. The zero-order chi connectivity index (χ0) is 13.9. The Kier molecular flexibility index (Phi) is 4.73. The first kappa shape index (κ1) is 15.0. The Morgan fingerprint density at radius 2 is 2.06 bits per heavy atom. The zero-order valence-electron chi connectivity index (χ0n) is 11.7. The molecule has 1 saturated carbocycles. The van der Waals surface area contributed by atoms with Gasteiger partial charge in [0.15, 0.2) is 0 Å². The predicted octanol–water partition coefficient (Wildman–Crippen LogP) is 0.818. The molecule has 0 aromatic rings. The van der Waals surface area contributed by atoms with Crippen molar-refractivity contribution >= 4 is 11.9 Å². The highest BCUT2D eigenvalue weighted by Gasteiger charge is 2.44. The van der Waals surface area contributed by atoms with E-state index < -0.39 is 17.4 Å². The van der Waals surface area contributed by atoms with Crippen LogP contribution in [0.25, 0.3) is 0 Å². The average molecular weight is 256 g/mol. The van der Waals surface area contributed by atoms with Gasteiger partial charge in [-0.05, 0) is 25.7 Å². The summed E-state index contributed by atoms with van der Waals surface area (Å²) in [6.45, 7) is 5.62. The standard InChI is InChI=1S/C13H24N2O3/c1-8(2)10(11(16)18-4)15-12(17)13(3)7-5-6-9(13)14/h8-10H,5-7,14H2,1-4H3,(H,15,17). The van der Waals surface area contributed by atoms with Gasteiger partial charge in [0, 0.05) is 6.04 Å². The molecule has 0 aromatic carbocycles. The number of ether oxygens (including phenoxy) is 1. The maximum Gasteiger partial charge on any atom is 0.328 e. The summed E-state index contributed by atoms with van der Waals surface area (Å²) >= 11 is 0. The number of methoxy groups -OCH3 is 1. The Morgan fingerprint density at radius 3 is 2.44 bits per heavy atom. The van der Waals surface area contributed by atoms with E-state index in [0.717, 1.165) is 19.3 Å². The van der Waals surface area contributed by atoms with Crippen LogP contribution in [0.3, 0.4) is 0 Å². The second-order valence-corrected chi connectivity index (χ2v) is 5.63. The lowest BCUT2D eigenvalue weighted by Crippen LogP contribution is -2.53. The monoisotopic (exact) mass is 256 g/mol. The fourth-order valence-electron chi connectivity index (χ4n) is 2.41. The minimum absolute atomic E-state index is 0.0115. The van der Waals surface area contributed by atoms with Crippen LogP contribution in [-0.4, -0.2) is 31.1 Å². The molecule has 1 rings (SSSR count). The molecule has 5 heteroatoms. The summed E-state index contributed by atoms with van der Waals surface area (Å²) in [6, 6.07) is -0.741. The van der Waals surface area contributed by atoms with E-state index in [9.17, 15) is 9.59 Å². The van der Waals surface area contributed by atoms with Gasteiger partial charge >= 0.3 is 5.97 Å². The molecular weight excluding hydrogens is 232 g/mol. The SMILES string of the molecule is COC(=O)C(NC(=O)C1(C)CCCC1N)C(C)C. The Balaban J connectivity index is 2.76. The van der Waals surface area contributed by atoms with Gasteiger partial charge in [-0.25, -0.2) is 4.79 Å². The summed E-state index contributed by atoms with van der Waals surface area (Å²) in [5.41, 5.74) is 5.43. The molecule has 0 aliphatic heterocycles. The van der Waals surface area contributed by atoms with Crippen molar-refractivity contribution in [3.63, 3.8) is 0 Å². The Morgan fingerprint density at radius 1 is 1.44 bits per heavy atom. The molecule has 0 saturated heterocycles. The fourth-order valence-corrected chi connectivity index (χ4v) is 2.41. The summed E-state index contributed by atoms with van der Waals surface area (Å²) in [5.74, 6) is -0.562. The molecule has 0 heterocycles. The minimum atomic E-state index is -0.605. The van der Waals surface area contributed by atoms with Crippen LogP contribution in [0, 0.1) is 11.3 Å². The van der Waals surface area contributed by atoms with Gasteiger partial charge in [-0.3, -0.25) is 4.79 Å². The number of hydrogen-bond donors (Lipinski definition) is 2. The van der Waals surface area contributed by atoms with Crippen molar-refractivity contribution in [2.45, 2.75) is 52.1 Å². The second kappa shape index (κ2) is 5.69. The van der Waals surface area contributed by atoms with Crippen LogP contribution in [0.5, 0.6) is 0 Å². The Hall–Kier alpha value is -1.10. The van der Waals surface area contributed by atoms with E-state index in [0.29, 0.717) is 0 Å². The number of hydrogen-bond acceptors (Lipinski definition) is 4. The van der Waals surface area contributed by atoms with Crippen molar-refractivity contribution in [2.24, 2.45) is 17.1 Å². The van der Waals surface area contributed by atoms with Crippen molar-refractivity contribution in [2.75, 3.05) is 7.11 Å². The second-order valence-electron chi connectivity index (χ2n) is 5.63. The molecule has 3 N–H and O–H groups in total. The van der Waals surface area contributed by atoms with Gasteiger partial charge < -0.3 is 15.8 Å². The summed E-state index contributed by atoms with van der Waals surface area (Å²) in [5, 5.41) is 2.79. The molecule has 0 spiro atoms. The first-order valence-corrected chi connectivity index (χ1v) is 6.47. The first-order chi connectivity index (χ1) is 8.32. The Labute approximate surface area is 108 Å². The third-order valence-electron chi connectivity index (χ3n) is 3.96. The zero-order valence-corrected chi connectivity index (χ0v) is 11.7. The number of rotatable bonds is 4. The number of amides is 1. The molecule has 18 heavy (non-hydrogen) atoms. The average Bonchev–Trinajstić information content (AvgIpc) is 2.66. The molecule has 3 unspecified atom stereocenters. The molecule has 5 nitrogen and oxygen atoms in total. The van der Waals surface area contributed by atoms with E-state index in [1.54, 1.807) is 0 Å². The van der Waals surface area contributed by atoms with Crippen LogP contribution in [0.2, 0.25) is 0 Å². The molecule has 104 valence electrons. The van der Waals surface area contributed by atoms with E-state index in [1.165, 1.54) is 7.11 Å². The number of carbonyl (C=O) groups excluding carboxylic acids is 2. The largest absolute Gasteiger partial charge is 0.467 e. The van der Waals surface area contributed by atoms with Gasteiger partial charge in [0.2, 0.25) is 5.91 Å². The summed E-state index contributed by atoms with van der Waals surface area (Å²) in [4.78, 5) is 23.9. The van der Waals surface area contributed by atoms with Crippen LogP contribution in [0.15, 0.2) is 0 Å². The lowest BCUT2D eigenvalue weighted by Gasteiger charge is -2.30. The quantitative estimate of drug-likeness (QED) is 0.730. The van der Waals surface area contributed by atoms with Crippen molar-refractivity contribution in [3.05, 3.63) is 0 Å². The molecule has 1 amide bonds. The van der Waals surface area contributed by atoms with Gasteiger partial charge in [-0.2, -0.15) is 0 Å². The van der Waals surface area contributed by atoms with E-state index in [2.05, 4.69) is 5.32 Å². The maximum atomic E-state index is 12.3. The van der Waals surface area contributed by atoms with Crippen LogP contribution in [0.1, 0.15) is 40.0 Å². The minimum Gasteiger partial charge on any atom is -0.467 e. The van der Waals surface area contributed by atoms with E-state index in [4.69, 9.17) is 10.5 Å². The molecule has 0 aromatic heterocycles. The van der Waals surface area contributed by atoms with Crippen molar-refractivity contribution in [3.8, 4) is 0 Å².